The van der Waals surface area contributed by atoms with E-state index in [0.29, 0.717) is 10.6 Å². The van der Waals surface area contributed by atoms with Gasteiger partial charge in [-0.05, 0) is 46.7 Å². The van der Waals surface area contributed by atoms with Crippen LogP contribution in [0.1, 0.15) is 17.2 Å². The quantitative estimate of drug-likeness (QED) is 0.865. The lowest BCUT2D eigenvalue weighted by Gasteiger charge is -2.19. The lowest BCUT2D eigenvalue weighted by Crippen LogP contribution is -2.19. The number of benzene rings is 2. The minimum absolute atomic E-state index is 0.232. The lowest BCUT2D eigenvalue weighted by atomic mass is 9.98. The Morgan fingerprint density at radius 3 is 2.65 bits per heavy atom. The first kappa shape index (κ1) is 15.3. The summed E-state index contributed by atoms with van der Waals surface area (Å²) in [4.78, 5) is 0. The number of ether oxygens (including phenoxy) is 1. The van der Waals surface area contributed by atoms with Gasteiger partial charge in [0.25, 0.3) is 0 Å². The van der Waals surface area contributed by atoms with Gasteiger partial charge in [0.05, 0.1) is 18.2 Å². The summed E-state index contributed by atoms with van der Waals surface area (Å²) in [5, 5.41) is 3.73. The molecule has 0 aliphatic rings. The SMILES string of the molecule is CNC(c1ccc(Cl)c(Br)c1)c1cccc(OC)c1F. The maximum absolute atomic E-state index is 14.4. The van der Waals surface area contributed by atoms with Crippen molar-refractivity contribution in [1.82, 2.24) is 5.32 Å². The van der Waals surface area contributed by atoms with Gasteiger partial charge in [0.15, 0.2) is 11.6 Å². The van der Waals surface area contributed by atoms with Crippen LogP contribution < -0.4 is 10.1 Å². The van der Waals surface area contributed by atoms with E-state index in [4.69, 9.17) is 16.3 Å². The van der Waals surface area contributed by atoms with E-state index in [1.54, 1.807) is 31.3 Å². The van der Waals surface area contributed by atoms with E-state index in [1.807, 2.05) is 12.1 Å². The summed E-state index contributed by atoms with van der Waals surface area (Å²) in [6.07, 6.45) is 0. The minimum atomic E-state index is -0.361. The summed E-state index contributed by atoms with van der Waals surface area (Å²) < 4.78 is 20.2. The number of rotatable bonds is 4. The molecule has 2 nitrogen and oxygen atoms in total. The second-order valence-corrected chi connectivity index (χ2v) is 5.52. The summed E-state index contributed by atoms with van der Waals surface area (Å²) in [6.45, 7) is 0. The Balaban J connectivity index is 2.49. The Bertz CT molecular complexity index is 621. The van der Waals surface area contributed by atoms with E-state index in [9.17, 15) is 4.39 Å². The predicted octanol–water partition coefficient (Wildman–Crippen LogP) is 4.56. The smallest absolute Gasteiger partial charge is 0.170 e. The van der Waals surface area contributed by atoms with Gasteiger partial charge in [0.1, 0.15) is 0 Å². The predicted molar refractivity (Wildman–Crippen MR) is 83.0 cm³/mol. The van der Waals surface area contributed by atoms with Gasteiger partial charge in [-0.2, -0.15) is 0 Å². The number of methoxy groups -OCH3 is 1. The van der Waals surface area contributed by atoms with Crippen LogP contribution in [0.15, 0.2) is 40.9 Å². The van der Waals surface area contributed by atoms with E-state index in [1.165, 1.54) is 7.11 Å². The highest BCUT2D eigenvalue weighted by molar-refractivity contribution is 9.10. The van der Waals surface area contributed by atoms with Crippen LogP contribution in [-0.2, 0) is 0 Å². The highest BCUT2D eigenvalue weighted by Crippen LogP contribution is 2.32. The van der Waals surface area contributed by atoms with Crippen molar-refractivity contribution in [3.05, 3.63) is 62.8 Å². The number of hydrogen-bond acceptors (Lipinski definition) is 2. The maximum Gasteiger partial charge on any atom is 0.170 e. The van der Waals surface area contributed by atoms with Crippen LogP contribution in [0.5, 0.6) is 5.75 Å². The van der Waals surface area contributed by atoms with E-state index in [0.717, 1.165) is 10.0 Å². The molecule has 0 saturated carbocycles. The third-order valence-corrected chi connectivity index (χ3v) is 4.30. The van der Waals surface area contributed by atoms with Crippen LogP contribution in [0.4, 0.5) is 4.39 Å². The van der Waals surface area contributed by atoms with Crippen molar-refractivity contribution in [1.29, 1.82) is 0 Å². The third-order valence-electron chi connectivity index (χ3n) is 3.09. The van der Waals surface area contributed by atoms with Crippen molar-refractivity contribution in [2.45, 2.75) is 6.04 Å². The molecule has 0 aliphatic heterocycles. The third kappa shape index (κ3) is 2.97. The summed E-state index contributed by atoms with van der Waals surface area (Å²) >= 11 is 9.38. The number of halogens is 3. The van der Waals surface area contributed by atoms with Gasteiger partial charge in [0, 0.05) is 10.0 Å². The van der Waals surface area contributed by atoms with Crippen LogP contribution >= 0.6 is 27.5 Å². The standard InChI is InChI=1S/C15H14BrClFNO/c1-19-15(9-6-7-12(17)11(16)8-9)10-4-3-5-13(20-2)14(10)18/h3-8,15,19H,1-2H3. The van der Waals surface area contributed by atoms with Crippen LogP contribution in [0.3, 0.4) is 0 Å². The summed E-state index contributed by atoms with van der Waals surface area (Å²) in [5.41, 5.74) is 1.44. The summed E-state index contributed by atoms with van der Waals surface area (Å²) in [6, 6.07) is 10.4. The van der Waals surface area contributed by atoms with Crippen molar-refractivity contribution in [3.63, 3.8) is 0 Å². The van der Waals surface area contributed by atoms with Crippen molar-refractivity contribution in [3.8, 4) is 5.75 Å². The average molecular weight is 359 g/mol. The lowest BCUT2D eigenvalue weighted by molar-refractivity contribution is 0.382. The molecular formula is C15H14BrClFNO. The van der Waals surface area contributed by atoms with Crippen LogP contribution in [0.2, 0.25) is 5.02 Å². The molecule has 0 radical (unpaired) electrons. The van der Waals surface area contributed by atoms with Crippen molar-refractivity contribution in [2.24, 2.45) is 0 Å². The number of hydrogen-bond donors (Lipinski definition) is 1. The average Bonchev–Trinajstić information content (AvgIpc) is 2.45. The maximum atomic E-state index is 14.4. The zero-order chi connectivity index (χ0) is 14.7. The Hall–Kier alpha value is -1.10. The van der Waals surface area contributed by atoms with Crippen molar-refractivity contribution >= 4 is 27.5 Å². The molecule has 2 aromatic rings. The Labute approximate surface area is 131 Å². The molecule has 5 heteroatoms. The normalized spacial score (nSPS) is 12.2. The summed E-state index contributed by atoms with van der Waals surface area (Å²) in [7, 11) is 3.24. The molecule has 20 heavy (non-hydrogen) atoms. The zero-order valence-corrected chi connectivity index (χ0v) is 13.4. The van der Waals surface area contributed by atoms with Gasteiger partial charge >= 0.3 is 0 Å². The molecule has 1 N–H and O–H groups in total. The monoisotopic (exact) mass is 357 g/mol. The Morgan fingerprint density at radius 1 is 1.30 bits per heavy atom. The first-order valence-corrected chi connectivity index (χ1v) is 7.20. The second kappa shape index (κ2) is 6.57. The minimum Gasteiger partial charge on any atom is -0.494 e. The highest BCUT2D eigenvalue weighted by atomic mass is 79.9. The van der Waals surface area contributed by atoms with E-state index in [-0.39, 0.29) is 17.6 Å². The van der Waals surface area contributed by atoms with Gasteiger partial charge in [-0.15, -0.1) is 0 Å². The second-order valence-electron chi connectivity index (χ2n) is 4.26. The molecule has 1 atom stereocenters. The van der Waals surface area contributed by atoms with Crippen LogP contribution in [0, 0.1) is 5.82 Å². The van der Waals surface area contributed by atoms with Gasteiger partial charge in [-0.25, -0.2) is 4.39 Å². The van der Waals surface area contributed by atoms with E-state index in [2.05, 4.69) is 21.2 Å². The van der Waals surface area contributed by atoms with E-state index < -0.39 is 0 Å². The first-order valence-electron chi connectivity index (χ1n) is 6.03. The molecule has 0 aromatic heterocycles. The first-order chi connectivity index (χ1) is 9.58. The van der Waals surface area contributed by atoms with Crippen molar-refractivity contribution < 1.29 is 9.13 Å². The van der Waals surface area contributed by atoms with Crippen LogP contribution in [0.25, 0.3) is 0 Å². The molecule has 1 unspecified atom stereocenters. The summed E-state index contributed by atoms with van der Waals surface area (Å²) in [5.74, 6) is -0.129. The molecule has 0 amide bonds. The fraction of sp³-hybridized carbons (Fsp3) is 0.200. The molecule has 106 valence electrons. The highest BCUT2D eigenvalue weighted by Gasteiger charge is 2.19. The van der Waals surface area contributed by atoms with Gasteiger partial charge in [-0.3, -0.25) is 0 Å². The molecule has 0 saturated heterocycles. The molecule has 0 aliphatic carbocycles. The fourth-order valence-corrected chi connectivity index (χ4v) is 2.62. The molecular weight excluding hydrogens is 345 g/mol. The molecule has 0 fully saturated rings. The fourth-order valence-electron chi connectivity index (χ4n) is 2.10. The van der Waals surface area contributed by atoms with Gasteiger partial charge < -0.3 is 10.1 Å². The molecule has 2 aromatic carbocycles. The topological polar surface area (TPSA) is 21.3 Å². The van der Waals surface area contributed by atoms with Crippen molar-refractivity contribution in [2.75, 3.05) is 14.2 Å². The van der Waals surface area contributed by atoms with Gasteiger partial charge in [0.2, 0.25) is 0 Å². The molecule has 0 spiro atoms. The molecule has 2 rings (SSSR count). The largest absolute Gasteiger partial charge is 0.494 e. The van der Waals surface area contributed by atoms with Gasteiger partial charge in [-0.1, -0.05) is 29.8 Å². The van der Waals surface area contributed by atoms with Crippen LogP contribution in [-0.4, -0.2) is 14.2 Å². The molecule has 0 bridgehead atoms. The van der Waals surface area contributed by atoms with E-state index >= 15 is 0 Å². The number of nitrogens with one attached hydrogen (secondary N) is 1. The zero-order valence-electron chi connectivity index (χ0n) is 11.1. The molecule has 0 heterocycles. The Morgan fingerprint density at radius 2 is 2.05 bits per heavy atom. The Kier molecular flexibility index (Phi) is 5.02.